The second-order valence-corrected chi connectivity index (χ2v) is 5.20. The number of aromatic nitrogens is 4. The molecule has 1 saturated heterocycles. The van der Waals surface area contributed by atoms with Crippen LogP contribution in [0.3, 0.4) is 0 Å². The molecule has 114 valence electrons. The van der Waals surface area contributed by atoms with Crippen LogP contribution in [0.1, 0.15) is 29.6 Å². The van der Waals surface area contributed by atoms with Crippen molar-refractivity contribution in [1.29, 1.82) is 0 Å². The summed E-state index contributed by atoms with van der Waals surface area (Å²) in [5.41, 5.74) is 1.19. The van der Waals surface area contributed by atoms with E-state index in [1.165, 1.54) is 11.0 Å². The molecular formula is C14H15N5O3. The first-order valence-corrected chi connectivity index (χ1v) is 7.01. The molecule has 0 aliphatic carbocycles. The van der Waals surface area contributed by atoms with Gasteiger partial charge in [-0.15, -0.1) is 5.10 Å². The van der Waals surface area contributed by atoms with Crippen molar-refractivity contribution in [2.24, 2.45) is 0 Å². The zero-order valence-electron chi connectivity index (χ0n) is 11.8. The Bertz CT molecular complexity index is 686. The highest BCUT2D eigenvalue weighted by atomic mass is 16.4. The summed E-state index contributed by atoms with van der Waals surface area (Å²) in [4.78, 5) is 25.2. The Morgan fingerprint density at radius 3 is 2.95 bits per heavy atom. The number of rotatable bonds is 4. The number of carbonyl (C=O) groups excluding carboxylic acids is 1. The first-order valence-electron chi connectivity index (χ1n) is 7.01. The summed E-state index contributed by atoms with van der Waals surface area (Å²) in [6.07, 6.45) is 2.99. The molecule has 8 nitrogen and oxygen atoms in total. The van der Waals surface area contributed by atoms with E-state index in [-0.39, 0.29) is 18.4 Å². The van der Waals surface area contributed by atoms with Gasteiger partial charge in [-0.1, -0.05) is 6.07 Å². The number of carboxylic acids is 1. The van der Waals surface area contributed by atoms with Crippen LogP contribution < -0.4 is 0 Å². The second-order valence-electron chi connectivity index (χ2n) is 5.20. The highest BCUT2D eigenvalue weighted by Gasteiger charge is 2.31. The third kappa shape index (κ3) is 2.80. The van der Waals surface area contributed by atoms with Gasteiger partial charge in [-0.2, -0.15) is 0 Å². The fourth-order valence-corrected chi connectivity index (χ4v) is 2.74. The number of benzene rings is 1. The highest BCUT2D eigenvalue weighted by Crippen LogP contribution is 2.23. The molecule has 1 aliphatic heterocycles. The molecular weight excluding hydrogens is 286 g/mol. The molecule has 1 aromatic carbocycles. The lowest BCUT2D eigenvalue weighted by Crippen LogP contribution is -2.36. The zero-order chi connectivity index (χ0) is 15.5. The molecule has 1 unspecified atom stereocenters. The molecule has 1 atom stereocenters. The van der Waals surface area contributed by atoms with E-state index in [4.69, 9.17) is 5.11 Å². The molecule has 0 radical (unpaired) electrons. The molecule has 3 rings (SSSR count). The standard InChI is InChI=1S/C14H15N5O3/c20-13(21)8-11-5-2-6-18(11)14(22)10-3-1-4-12(7-10)19-9-15-16-17-19/h1,3-4,7,9,11H,2,5-6,8H2,(H,20,21). The molecule has 1 N–H and O–H groups in total. The number of carboxylic acid groups (broad SMARTS) is 1. The van der Waals surface area contributed by atoms with Gasteiger partial charge in [0.05, 0.1) is 12.1 Å². The summed E-state index contributed by atoms with van der Waals surface area (Å²) >= 11 is 0. The van der Waals surface area contributed by atoms with Gasteiger partial charge in [0, 0.05) is 18.2 Å². The Hall–Kier alpha value is -2.77. The van der Waals surface area contributed by atoms with Gasteiger partial charge in [-0.25, -0.2) is 4.68 Å². The van der Waals surface area contributed by atoms with Crippen molar-refractivity contribution in [1.82, 2.24) is 25.1 Å². The van der Waals surface area contributed by atoms with Gasteiger partial charge >= 0.3 is 5.97 Å². The van der Waals surface area contributed by atoms with Crippen LogP contribution in [0, 0.1) is 0 Å². The lowest BCUT2D eigenvalue weighted by atomic mass is 10.1. The number of amides is 1. The number of aliphatic carboxylic acids is 1. The SMILES string of the molecule is O=C(O)CC1CCCN1C(=O)c1cccc(-n2cnnn2)c1. The maximum atomic E-state index is 12.6. The second kappa shape index (κ2) is 5.92. The number of nitrogens with zero attached hydrogens (tertiary/aromatic N) is 5. The monoisotopic (exact) mass is 301 g/mol. The van der Waals surface area contributed by atoms with Crippen LogP contribution in [0.15, 0.2) is 30.6 Å². The van der Waals surface area contributed by atoms with E-state index in [9.17, 15) is 9.59 Å². The van der Waals surface area contributed by atoms with E-state index in [0.717, 1.165) is 12.8 Å². The maximum Gasteiger partial charge on any atom is 0.305 e. The molecule has 1 amide bonds. The average Bonchev–Trinajstić information content (AvgIpc) is 3.17. The molecule has 1 aliphatic rings. The average molecular weight is 301 g/mol. The number of hydrogen-bond donors (Lipinski definition) is 1. The van der Waals surface area contributed by atoms with Gasteiger partial charge in [0.15, 0.2) is 0 Å². The Balaban J connectivity index is 1.83. The fourth-order valence-electron chi connectivity index (χ4n) is 2.74. The number of hydrogen-bond acceptors (Lipinski definition) is 5. The molecule has 1 fully saturated rings. The summed E-state index contributed by atoms with van der Waals surface area (Å²) in [5.74, 6) is -1.04. The third-order valence-electron chi connectivity index (χ3n) is 3.75. The first-order chi connectivity index (χ1) is 10.6. The van der Waals surface area contributed by atoms with E-state index < -0.39 is 5.97 Å². The van der Waals surface area contributed by atoms with Gasteiger partial charge in [0.2, 0.25) is 0 Å². The Kier molecular flexibility index (Phi) is 3.82. The van der Waals surface area contributed by atoms with Gasteiger partial charge < -0.3 is 10.0 Å². The minimum Gasteiger partial charge on any atom is -0.481 e. The van der Waals surface area contributed by atoms with Crippen LogP contribution in [0.4, 0.5) is 0 Å². The quantitative estimate of drug-likeness (QED) is 0.894. The van der Waals surface area contributed by atoms with Gasteiger partial charge in [0.1, 0.15) is 6.33 Å². The van der Waals surface area contributed by atoms with Crippen LogP contribution in [0.5, 0.6) is 0 Å². The van der Waals surface area contributed by atoms with Crippen LogP contribution in [-0.4, -0.2) is 54.7 Å². The number of likely N-dealkylation sites (tertiary alicyclic amines) is 1. The van der Waals surface area contributed by atoms with Crippen LogP contribution >= 0.6 is 0 Å². The van der Waals surface area contributed by atoms with Crippen molar-refractivity contribution in [3.63, 3.8) is 0 Å². The van der Waals surface area contributed by atoms with E-state index in [1.807, 2.05) is 0 Å². The normalized spacial score (nSPS) is 17.6. The van der Waals surface area contributed by atoms with Gasteiger partial charge in [-0.05, 0) is 41.5 Å². The predicted octanol–water partition coefficient (Wildman–Crippen LogP) is 0.742. The summed E-state index contributed by atoms with van der Waals surface area (Å²) in [6.45, 7) is 0.589. The topological polar surface area (TPSA) is 101 Å². The molecule has 8 heteroatoms. The molecule has 2 heterocycles. The van der Waals surface area contributed by atoms with Crippen molar-refractivity contribution in [2.45, 2.75) is 25.3 Å². The lowest BCUT2D eigenvalue weighted by Gasteiger charge is -2.23. The van der Waals surface area contributed by atoms with Crippen LogP contribution in [0.2, 0.25) is 0 Å². The van der Waals surface area contributed by atoms with Crippen molar-refractivity contribution < 1.29 is 14.7 Å². The van der Waals surface area contributed by atoms with Gasteiger partial charge in [0.25, 0.3) is 5.91 Å². The smallest absolute Gasteiger partial charge is 0.305 e. The Morgan fingerprint density at radius 1 is 1.36 bits per heavy atom. The molecule has 0 saturated carbocycles. The largest absolute Gasteiger partial charge is 0.481 e. The summed E-state index contributed by atoms with van der Waals surface area (Å²) in [6, 6.07) is 6.74. The summed E-state index contributed by atoms with van der Waals surface area (Å²) in [5, 5.41) is 19.9. The van der Waals surface area contributed by atoms with Crippen LogP contribution in [0.25, 0.3) is 5.69 Å². The lowest BCUT2D eigenvalue weighted by molar-refractivity contribution is -0.137. The fraction of sp³-hybridized carbons (Fsp3) is 0.357. The molecule has 0 spiro atoms. The van der Waals surface area contributed by atoms with Crippen molar-refractivity contribution in [3.05, 3.63) is 36.2 Å². The van der Waals surface area contributed by atoms with Crippen molar-refractivity contribution >= 4 is 11.9 Å². The number of tetrazole rings is 1. The van der Waals surface area contributed by atoms with Crippen molar-refractivity contribution in [3.8, 4) is 5.69 Å². The molecule has 22 heavy (non-hydrogen) atoms. The Morgan fingerprint density at radius 2 is 2.23 bits per heavy atom. The predicted molar refractivity (Wildman–Crippen MR) is 75.5 cm³/mol. The maximum absolute atomic E-state index is 12.6. The van der Waals surface area contributed by atoms with E-state index in [1.54, 1.807) is 29.2 Å². The summed E-state index contributed by atoms with van der Waals surface area (Å²) < 4.78 is 1.47. The number of carbonyl (C=O) groups is 2. The van der Waals surface area contributed by atoms with Gasteiger partial charge in [-0.3, -0.25) is 9.59 Å². The molecule has 2 aromatic rings. The van der Waals surface area contributed by atoms with E-state index in [2.05, 4.69) is 15.5 Å². The van der Waals surface area contributed by atoms with Crippen LogP contribution in [-0.2, 0) is 4.79 Å². The summed E-state index contributed by atoms with van der Waals surface area (Å²) in [7, 11) is 0. The minimum absolute atomic E-state index is 0.0154. The molecule has 1 aromatic heterocycles. The minimum atomic E-state index is -0.882. The molecule has 0 bridgehead atoms. The first kappa shape index (κ1) is 14.2. The van der Waals surface area contributed by atoms with E-state index in [0.29, 0.717) is 17.8 Å². The Labute approximate surface area is 126 Å². The van der Waals surface area contributed by atoms with Crippen molar-refractivity contribution in [2.75, 3.05) is 6.54 Å². The third-order valence-corrected chi connectivity index (χ3v) is 3.75. The van der Waals surface area contributed by atoms with E-state index >= 15 is 0 Å². The highest BCUT2D eigenvalue weighted by molar-refractivity contribution is 5.95. The zero-order valence-corrected chi connectivity index (χ0v) is 11.8.